The molecule has 0 saturated carbocycles. The van der Waals surface area contributed by atoms with Crippen molar-refractivity contribution in [3.8, 4) is 0 Å². The van der Waals surface area contributed by atoms with Gasteiger partial charge in [-0.25, -0.2) is 8.42 Å². The Hall–Kier alpha value is -2.84. The van der Waals surface area contributed by atoms with E-state index in [1.807, 2.05) is 6.92 Å². The lowest BCUT2D eigenvalue weighted by atomic mass is 9.76. The third kappa shape index (κ3) is 4.09. The number of sulfonamides is 1. The number of esters is 1. The molecule has 2 aliphatic heterocycles. The molecule has 180 valence electrons. The highest BCUT2D eigenvalue weighted by atomic mass is 35.5. The number of ether oxygens (including phenoxy) is 1. The number of allylic oxidation sites excluding steroid dienone is 1. The Labute approximate surface area is 205 Å². The first-order valence-corrected chi connectivity index (χ1v) is 12.9. The maximum Gasteiger partial charge on any atom is 0.311 e. The molecule has 0 aliphatic carbocycles. The summed E-state index contributed by atoms with van der Waals surface area (Å²) in [6.45, 7) is 3.80. The molecule has 1 unspecified atom stereocenters. The Kier molecular flexibility index (Phi) is 6.48. The van der Waals surface area contributed by atoms with Gasteiger partial charge in [-0.3, -0.25) is 13.9 Å². The number of anilines is 1. The third-order valence-corrected chi connectivity index (χ3v) is 8.64. The molecular formula is C25H27ClN2O5S. The molecule has 0 aromatic heterocycles. The summed E-state index contributed by atoms with van der Waals surface area (Å²) in [5, 5.41) is 0.505. The Balaban J connectivity index is 1.80. The number of hydrogen-bond acceptors (Lipinski definition) is 5. The molecule has 0 fully saturated rings. The van der Waals surface area contributed by atoms with Crippen LogP contribution in [0.15, 0.2) is 59.1 Å². The van der Waals surface area contributed by atoms with Gasteiger partial charge in [0.15, 0.2) is 0 Å². The van der Waals surface area contributed by atoms with Crippen molar-refractivity contribution in [2.24, 2.45) is 0 Å². The number of likely N-dealkylation sites (N-methyl/N-ethyl adjacent to an activating group) is 1. The van der Waals surface area contributed by atoms with Gasteiger partial charge in [0.2, 0.25) is 5.91 Å². The van der Waals surface area contributed by atoms with Crippen LogP contribution in [0.4, 0.5) is 5.69 Å². The second-order valence-corrected chi connectivity index (χ2v) is 10.9. The van der Waals surface area contributed by atoms with E-state index in [1.165, 1.54) is 4.31 Å². The van der Waals surface area contributed by atoms with E-state index in [0.29, 0.717) is 10.7 Å². The van der Waals surface area contributed by atoms with Gasteiger partial charge in [0, 0.05) is 30.0 Å². The molecule has 1 amide bonds. The van der Waals surface area contributed by atoms with Crippen LogP contribution >= 0.6 is 11.6 Å². The summed E-state index contributed by atoms with van der Waals surface area (Å²) in [4.78, 5) is 27.6. The Morgan fingerprint density at radius 1 is 1.18 bits per heavy atom. The quantitative estimate of drug-likeness (QED) is 0.572. The van der Waals surface area contributed by atoms with Gasteiger partial charge in [0.05, 0.1) is 23.3 Å². The van der Waals surface area contributed by atoms with E-state index >= 15 is 0 Å². The number of hydrogen-bond donors (Lipinski definition) is 0. The SMILES string of the molecule is CCOC(=O)CC1=CCC2(CCN1S(=O)(=O)c1ccc(C)cc1)C(=O)N(C)c1ccc(Cl)cc12. The standard InChI is InChI=1S/C25H27ClN2O5S/c1-4-33-23(29)16-19-11-12-25(21-15-18(26)7-10-22(21)27(3)24(25)30)13-14-28(19)34(31,32)20-8-5-17(2)6-9-20/h5-11,15H,4,12-14,16H2,1-3H3. The number of amides is 1. The predicted molar refractivity (Wildman–Crippen MR) is 130 cm³/mol. The zero-order valence-corrected chi connectivity index (χ0v) is 20.9. The molecule has 7 nitrogen and oxygen atoms in total. The van der Waals surface area contributed by atoms with Gasteiger partial charge in [-0.1, -0.05) is 35.4 Å². The van der Waals surface area contributed by atoms with Crippen LogP contribution in [-0.2, 0) is 29.8 Å². The lowest BCUT2D eigenvalue weighted by molar-refractivity contribution is -0.142. The molecule has 9 heteroatoms. The van der Waals surface area contributed by atoms with Gasteiger partial charge in [0.1, 0.15) is 0 Å². The van der Waals surface area contributed by atoms with Crippen molar-refractivity contribution in [2.75, 3.05) is 25.1 Å². The maximum absolute atomic E-state index is 13.7. The summed E-state index contributed by atoms with van der Waals surface area (Å²) < 4.78 is 33.7. The summed E-state index contributed by atoms with van der Waals surface area (Å²) in [5.74, 6) is -0.641. The normalized spacial score (nSPS) is 20.2. The molecule has 0 saturated heterocycles. The number of benzene rings is 2. The molecule has 4 rings (SSSR count). The van der Waals surface area contributed by atoms with Crippen molar-refractivity contribution in [3.05, 3.63) is 70.4 Å². The number of rotatable bonds is 5. The van der Waals surface area contributed by atoms with Crippen molar-refractivity contribution in [2.45, 2.75) is 43.4 Å². The van der Waals surface area contributed by atoms with Crippen molar-refractivity contribution in [1.82, 2.24) is 4.31 Å². The second-order valence-electron chi connectivity index (χ2n) is 8.63. The molecule has 2 heterocycles. The van der Waals surface area contributed by atoms with Gasteiger partial charge in [-0.15, -0.1) is 0 Å². The highest BCUT2D eigenvalue weighted by molar-refractivity contribution is 7.89. The predicted octanol–water partition coefficient (Wildman–Crippen LogP) is 4.18. The van der Waals surface area contributed by atoms with Crippen LogP contribution < -0.4 is 4.90 Å². The van der Waals surface area contributed by atoms with Gasteiger partial charge in [-0.05, 0) is 62.6 Å². The maximum atomic E-state index is 13.7. The van der Waals surface area contributed by atoms with Crippen LogP contribution in [0.2, 0.25) is 5.02 Å². The Morgan fingerprint density at radius 2 is 1.88 bits per heavy atom. The van der Waals surface area contributed by atoms with E-state index in [0.717, 1.165) is 16.8 Å². The number of aryl methyl sites for hydroxylation is 1. The van der Waals surface area contributed by atoms with Crippen molar-refractivity contribution in [1.29, 1.82) is 0 Å². The van der Waals surface area contributed by atoms with E-state index in [2.05, 4.69) is 0 Å². The molecule has 1 atom stereocenters. The number of nitrogens with zero attached hydrogens (tertiary/aromatic N) is 2. The lowest BCUT2D eigenvalue weighted by Crippen LogP contribution is -2.40. The fourth-order valence-electron chi connectivity index (χ4n) is 4.73. The first-order valence-electron chi connectivity index (χ1n) is 11.1. The monoisotopic (exact) mass is 502 g/mol. The average molecular weight is 503 g/mol. The van der Waals surface area contributed by atoms with Crippen LogP contribution in [0.3, 0.4) is 0 Å². The van der Waals surface area contributed by atoms with Crippen LogP contribution in [-0.4, -0.2) is 44.8 Å². The van der Waals surface area contributed by atoms with Crippen molar-refractivity contribution < 1.29 is 22.7 Å². The van der Waals surface area contributed by atoms with E-state index in [-0.39, 0.29) is 43.2 Å². The molecule has 0 N–H and O–H groups in total. The summed E-state index contributed by atoms with van der Waals surface area (Å²) in [5.41, 5.74) is 1.80. The smallest absolute Gasteiger partial charge is 0.311 e. The van der Waals surface area contributed by atoms with Crippen LogP contribution in [0, 0.1) is 6.92 Å². The van der Waals surface area contributed by atoms with E-state index in [4.69, 9.17) is 16.3 Å². The molecule has 2 aromatic carbocycles. The Bertz CT molecular complexity index is 1270. The summed E-state index contributed by atoms with van der Waals surface area (Å²) >= 11 is 6.28. The molecule has 34 heavy (non-hydrogen) atoms. The molecule has 0 bridgehead atoms. The van der Waals surface area contributed by atoms with Crippen LogP contribution in [0.5, 0.6) is 0 Å². The zero-order chi connectivity index (χ0) is 24.7. The minimum atomic E-state index is -3.97. The topological polar surface area (TPSA) is 84.0 Å². The highest BCUT2D eigenvalue weighted by Crippen LogP contribution is 2.48. The highest BCUT2D eigenvalue weighted by Gasteiger charge is 2.50. The fraction of sp³-hybridized carbons (Fsp3) is 0.360. The summed E-state index contributed by atoms with van der Waals surface area (Å²) in [6, 6.07) is 11.9. The minimum Gasteiger partial charge on any atom is -0.466 e. The largest absolute Gasteiger partial charge is 0.466 e. The molecule has 0 radical (unpaired) electrons. The minimum absolute atomic E-state index is 0.0347. The fourth-order valence-corrected chi connectivity index (χ4v) is 6.42. The number of halogens is 1. The average Bonchev–Trinajstić information content (AvgIpc) is 2.92. The molecule has 2 aromatic rings. The Morgan fingerprint density at radius 3 is 2.56 bits per heavy atom. The van der Waals surface area contributed by atoms with Crippen molar-refractivity contribution in [3.63, 3.8) is 0 Å². The first kappa shape index (κ1) is 24.3. The van der Waals surface area contributed by atoms with E-state index < -0.39 is 21.4 Å². The number of fused-ring (bicyclic) bond motifs is 2. The molecular weight excluding hydrogens is 476 g/mol. The van der Waals surface area contributed by atoms with Crippen molar-refractivity contribution >= 4 is 39.2 Å². The first-order chi connectivity index (χ1) is 16.1. The van der Waals surface area contributed by atoms with Crippen LogP contribution in [0.25, 0.3) is 0 Å². The molecule has 1 spiro atoms. The summed E-state index contributed by atoms with van der Waals surface area (Å²) in [7, 11) is -2.26. The summed E-state index contributed by atoms with van der Waals surface area (Å²) in [6.07, 6.45) is 1.98. The van der Waals surface area contributed by atoms with Gasteiger partial charge in [-0.2, -0.15) is 0 Å². The third-order valence-electron chi connectivity index (χ3n) is 6.54. The number of carbonyl (C=O) groups excluding carboxylic acids is 2. The van der Waals surface area contributed by atoms with Gasteiger partial charge in [0.25, 0.3) is 10.0 Å². The van der Waals surface area contributed by atoms with E-state index in [1.54, 1.807) is 67.4 Å². The van der Waals surface area contributed by atoms with Crippen LogP contribution in [0.1, 0.15) is 37.3 Å². The van der Waals surface area contributed by atoms with Gasteiger partial charge >= 0.3 is 5.97 Å². The van der Waals surface area contributed by atoms with Gasteiger partial charge < -0.3 is 9.64 Å². The molecule has 2 aliphatic rings. The van der Waals surface area contributed by atoms with E-state index in [9.17, 15) is 18.0 Å². The number of carbonyl (C=O) groups is 2. The second kappa shape index (κ2) is 9.07. The lowest BCUT2D eigenvalue weighted by Gasteiger charge is -2.28. The zero-order valence-electron chi connectivity index (χ0n) is 19.4.